The number of rotatable bonds is 16. The fourth-order valence-electron chi connectivity index (χ4n) is 1.44. The van der Waals surface area contributed by atoms with Crippen molar-refractivity contribution in [3.05, 3.63) is 0 Å². The summed E-state index contributed by atoms with van der Waals surface area (Å²) in [5.41, 5.74) is 0. The van der Waals surface area contributed by atoms with Crippen molar-refractivity contribution in [2.45, 2.75) is 12.2 Å². The van der Waals surface area contributed by atoms with E-state index in [0.717, 1.165) is 5.33 Å². The molecule has 0 radical (unpaired) electrons. The average molecular weight is 402 g/mol. The second-order valence-corrected chi connectivity index (χ2v) is 6.05. The van der Waals surface area contributed by atoms with Crippen LogP contribution in [0.5, 0.6) is 0 Å². The molecule has 0 heterocycles. The molecule has 1 N–H and O–H groups in total. The van der Waals surface area contributed by atoms with Crippen LogP contribution in [-0.4, -0.2) is 82.1 Å². The molecule has 0 aromatic carbocycles. The Hall–Kier alpha value is 0.140. The number of carbonyl (C=O) groups is 1. The lowest BCUT2D eigenvalue weighted by Gasteiger charge is -2.14. The van der Waals surface area contributed by atoms with Gasteiger partial charge in [-0.25, -0.2) is 0 Å². The number of hydrogen-bond acceptors (Lipinski definition) is 6. The molecule has 0 bridgehead atoms. The van der Waals surface area contributed by atoms with Crippen molar-refractivity contribution in [3.8, 4) is 0 Å². The lowest BCUT2D eigenvalue weighted by Crippen LogP contribution is -2.35. The maximum absolute atomic E-state index is 11.6. The summed E-state index contributed by atoms with van der Waals surface area (Å²) in [6.07, 6.45) is 1.90. The van der Waals surface area contributed by atoms with Crippen LogP contribution in [0.25, 0.3) is 0 Å². The largest absolute Gasteiger partial charge is 0.378 e. The summed E-state index contributed by atoms with van der Waals surface area (Å²) in [5, 5.41) is 3.47. The Labute approximate surface area is 146 Å². The summed E-state index contributed by atoms with van der Waals surface area (Å²) in [7, 11) is 0. The van der Waals surface area contributed by atoms with Crippen molar-refractivity contribution < 1.29 is 23.7 Å². The third-order valence-corrected chi connectivity index (χ3v) is 3.78. The van der Waals surface area contributed by atoms with E-state index < -0.39 is 0 Å². The molecule has 1 atom stereocenters. The topological polar surface area (TPSA) is 66.0 Å². The van der Waals surface area contributed by atoms with E-state index in [-0.39, 0.29) is 11.2 Å². The predicted molar refractivity (Wildman–Crippen MR) is 93.1 cm³/mol. The van der Waals surface area contributed by atoms with Crippen molar-refractivity contribution in [2.75, 3.05) is 71.0 Å². The quantitative estimate of drug-likeness (QED) is 0.310. The lowest BCUT2D eigenvalue weighted by atomic mass is 10.4. The molecule has 22 heavy (non-hydrogen) atoms. The molecule has 0 fully saturated rings. The van der Waals surface area contributed by atoms with Gasteiger partial charge in [0.25, 0.3) is 0 Å². The first-order valence-electron chi connectivity index (χ1n) is 7.43. The zero-order valence-electron chi connectivity index (χ0n) is 13.5. The van der Waals surface area contributed by atoms with E-state index in [9.17, 15) is 4.79 Å². The van der Waals surface area contributed by atoms with Gasteiger partial charge in [-0.05, 0) is 13.2 Å². The molecule has 0 aliphatic carbocycles. The first kappa shape index (κ1) is 22.1. The van der Waals surface area contributed by atoms with E-state index in [2.05, 4.69) is 21.2 Å². The van der Waals surface area contributed by atoms with E-state index in [1.165, 1.54) is 11.8 Å². The van der Waals surface area contributed by atoms with Crippen LogP contribution in [-0.2, 0) is 23.7 Å². The van der Waals surface area contributed by atoms with Crippen molar-refractivity contribution >= 4 is 33.6 Å². The molecule has 0 aliphatic rings. The molecule has 8 heteroatoms. The molecule has 0 saturated heterocycles. The molecule has 0 aliphatic heterocycles. The molecular formula is C14H28BrNO5S. The van der Waals surface area contributed by atoms with Crippen LogP contribution in [0.2, 0.25) is 0 Å². The minimum absolute atomic E-state index is 0.0199. The Morgan fingerprint density at radius 1 is 1.00 bits per heavy atom. The number of carbonyl (C=O) groups excluding carboxylic acids is 1. The van der Waals surface area contributed by atoms with Crippen molar-refractivity contribution in [3.63, 3.8) is 0 Å². The molecule has 1 unspecified atom stereocenters. The monoisotopic (exact) mass is 401 g/mol. The summed E-state index contributed by atoms with van der Waals surface area (Å²) in [6, 6.07) is 0. The second-order valence-electron chi connectivity index (χ2n) is 4.22. The van der Waals surface area contributed by atoms with E-state index >= 15 is 0 Å². The molecule has 6 nitrogen and oxygen atoms in total. The predicted octanol–water partition coefficient (Wildman–Crippen LogP) is 1.32. The zero-order valence-corrected chi connectivity index (χ0v) is 15.9. The van der Waals surface area contributed by atoms with Crippen LogP contribution in [0.4, 0.5) is 0 Å². The SMILES string of the molecule is CCNC(=O)C(COCCOCCOCCOCCBr)SC. The number of alkyl halides is 1. The van der Waals surface area contributed by atoms with Crippen LogP contribution in [0.1, 0.15) is 6.92 Å². The highest BCUT2D eigenvalue weighted by Crippen LogP contribution is 2.06. The third kappa shape index (κ3) is 13.8. The van der Waals surface area contributed by atoms with E-state index in [0.29, 0.717) is 59.4 Å². The van der Waals surface area contributed by atoms with Crippen LogP contribution < -0.4 is 5.32 Å². The van der Waals surface area contributed by atoms with Crippen LogP contribution in [0.3, 0.4) is 0 Å². The van der Waals surface area contributed by atoms with Gasteiger partial charge in [0.05, 0.1) is 52.9 Å². The lowest BCUT2D eigenvalue weighted by molar-refractivity contribution is -0.121. The van der Waals surface area contributed by atoms with Crippen LogP contribution >= 0.6 is 27.7 Å². The van der Waals surface area contributed by atoms with E-state index in [4.69, 9.17) is 18.9 Å². The molecular weight excluding hydrogens is 374 g/mol. The van der Waals surface area contributed by atoms with Gasteiger partial charge >= 0.3 is 0 Å². The van der Waals surface area contributed by atoms with E-state index in [1.54, 1.807) is 0 Å². The maximum Gasteiger partial charge on any atom is 0.235 e. The minimum Gasteiger partial charge on any atom is -0.378 e. The summed E-state index contributed by atoms with van der Waals surface area (Å²) in [6.45, 7) is 6.88. The van der Waals surface area contributed by atoms with Crippen LogP contribution in [0.15, 0.2) is 0 Å². The Balaban J connectivity index is 3.30. The first-order valence-corrected chi connectivity index (χ1v) is 9.84. The standard InChI is InChI=1S/C14H28BrNO5S/c1-3-16-14(17)13(22-2)12-21-11-10-20-9-8-19-7-6-18-5-4-15/h13H,3-12H2,1-2H3,(H,16,17). The number of halogens is 1. The van der Waals surface area contributed by atoms with E-state index in [1.807, 2.05) is 13.2 Å². The smallest absolute Gasteiger partial charge is 0.235 e. The summed E-state index contributed by atoms with van der Waals surface area (Å²) >= 11 is 4.77. The van der Waals surface area contributed by atoms with Gasteiger partial charge < -0.3 is 24.3 Å². The number of ether oxygens (including phenoxy) is 4. The Kier molecular flexibility index (Phi) is 17.6. The van der Waals surface area contributed by atoms with Crippen molar-refractivity contribution in [2.24, 2.45) is 0 Å². The molecule has 0 aromatic rings. The fourth-order valence-corrected chi connectivity index (χ4v) is 2.20. The molecule has 0 aromatic heterocycles. The average Bonchev–Trinajstić information content (AvgIpc) is 2.52. The maximum atomic E-state index is 11.6. The second kappa shape index (κ2) is 17.5. The highest BCUT2D eigenvalue weighted by Gasteiger charge is 2.16. The van der Waals surface area contributed by atoms with Gasteiger partial charge in [-0.1, -0.05) is 15.9 Å². The molecule has 0 spiro atoms. The van der Waals surface area contributed by atoms with Crippen molar-refractivity contribution in [1.82, 2.24) is 5.32 Å². The number of hydrogen-bond donors (Lipinski definition) is 1. The highest BCUT2D eigenvalue weighted by molar-refractivity contribution is 9.09. The van der Waals surface area contributed by atoms with Gasteiger partial charge in [-0.2, -0.15) is 0 Å². The van der Waals surface area contributed by atoms with Crippen molar-refractivity contribution in [1.29, 1.82) is 0 Å². The van der Waals surface area contributed by atoms with Gasteiger partial charge in [-0.3, -0.25) is 4.79 Å². The van der Waals surface area contributed by atoms with Gasteiger partial charge in [0.15, 0.2) is 0 Å². The Morgan fingerprint density at radius 2 is 1.50 bits per heavy atom. The summed E-state index contributed by atoms with van der Waals surface area (Å²) in [4.78, 5) is 11.6. The third-order valence-electron chi connectivity index (χ3n) is 2.53. The minimum atomic E-state index is -0.164. The van der Waals surface area contributed by atoms with Gasteiger partial charge in [-0.15, -0.1) is 11.8 Å². The normalized spacial score (nSPS) is 12.3. The summed E-state index contributed by atoms with van der Waals surface area (Å²) in [5.74, 6) is 0.0199. The van der Waals surface area contributed by atoms with Gasteiger partial charge in [0.2, 0.25) is 5.91 Å². The van der Waals surface area contributed by atoms with Gasteiger partial charge in [0, 0.05) is 11.9 Å². The first-order chi connectivity index (χ1) is 10.8. The highest BCUT2D eigenvalue weighted by atomic mass is 79.9. The van der Waals surface area contributed by atoms with Crippen LogP contribution in [0, 0.1) is 0 Å². The Morgan fingerprint density at radius 3 is 1.95 bits per heavy atom. The Bertz CT molecular complexity index is 261. The fraction of sp³-hybridized carbons (Fsp3) is 0.929. The zero-order chi connectivity index (χ0) is 16.5. The van der Waals surface area contributed by atoms with Gasteiger partial charge in [0.1, 0.15) is 5.25 Å². The molecule has 0 saturated carbocycles. The number of nitrogens with one attached hydrogen (secondary N) is 1. The summed E-state index contributed by atoms with van der Waals surface area (Å²) < 4.78 is 21.4. The number of amides is 1. The molecule has 0 rings (SSSR count). The molecule has 1 amide bonds. The molecule has 132 valence electrons. The number of thioether (sulfide) groups is 1.